The highest BCUT2D eigenvalue weighted by molar-refractivity contribution is 7.24. The van der Waals surface area contributed by atoms with E-state index in [1.165, 1.54) is 11.3 Å². The van der Waals surface area contributed by atoms with Gasteiger partial charge in [-0.3, -0.25) is 4.79 Å². The summed E-state index contributed by atoms with van der Waals surface area (Å²) in [5.74, 6) is 0.522. The van der Waals surface area contributed by atoms with Crippen LogP contribution in [-0.4, -0.2) is 13.1 Å². The SMILES string of the molecule is C=C(C)C(=O)Oc1cccc2c(=O)c3ccc(OC)cc3sc12. The van der Waals surface area contributed by atoms with Crippen LogP contribution in [0.5, 0.6) is 11.5 Å². The lowest BCUT2D eigenvalue weighted by Gasteiger charge is -2.08. The molecule has 0 aliphatic carbocycles. The molecule has 4 nitrogen and oxygen atoms in total. The monoisotopic (exact) mass is 326 g/mol. The van der Waals surface area contributed by atoms with Gasteiger partial charge in [0.15, 0.2) is 5.43 Å². The van der Waals surface area contributed by atoms with Gasteiger partial charge in [0.05, 0.1) is 11.8 Å². The number of carbonyl (C=O) groups excluding carboxylic acids is 1. The molecule has 0 N–H and O–H groups in total. The molecule has 5 heteroatoms. The minimum absolute atomic E-state index is 0.0929. The van der Waals surface area contributed by atoms with Crippen LogP contribution in [0.3, 0.4) is 0 Å². The van der Waals surface area contributed by atoms with Crippen molar-refractivity contribution in [2.45, 2.75) is 6.92 Å². The molecule has 0 unspecified atom stereocenters. The van der Waals surface area contributed by atoms with Gasteiger partial charge in [-0.2, -0.15) is 0 Å². The maximum atomic E-state index is 12.7. The summed E-state index contributed by atoms with van der Waals surface area (Å²) in [6, 6.07) is 10.4. The highest BCUT2D eigenvalue weighted by Crippen LogP contribution is 2.33. The second kappa shape index (κ2) is 5.85. The second-order valence-electron chi connectivity index (χ2n) is 5.10. The van der Waals surface area contributed by atoms with Gasteiger partial charge < -0.3 is 9.47 Å². The van der Waals surface area contributed by atoms with E-state index in [-0.39, 0.29) is 5.43 Å². The summed E-state index contributed by atoms with van der Waals surface area (Å²) >= 11 is 1.39. The number of ether oxygens (including phenoxy) is 2. The number of fused-ring (bicyclic) bond motifs is 2. The first kappa shape index (κ1) is 15.2. The molecule has 2 aromatic carbocycles. The first-order valence-corrected chi connectivity index (χ1v) is 7.74. The predicted molar refractivity (Wildman–Crippen MR) is 92.6 cm³/mol. The summed E-state index contributed by atoms with van der Waals surface area (Å²) < 4.78 is 12.0. The zero-order valence-corrected chi connectivity index (χ0v) is 13.5. The Labute approximate surface area is 136 Å². The van der Waals surface area contributed by atoms with Gasteiger partial charge >= 0.3 is 5.97 Å². The topological polar surface area (TPSA) is 52.6 Å². The number of hydrogen-bond donors (Lipinski definition) is 0. The third kappa shape index (κ3) is 2.71. The van der Waals surface area contributed by atoms with Crippen molar-refractivity contribution >= 4 is 37.5 Å². The highest BCUT2D eigenvalue weighted by Gasteiger charge is 2.13. The molecule has 23 heavy (non-hydrogen) atoms. The summed E-state index contributed by atoms with van der Waals surface area (Å²) in [5, 5.41) is 1.14. The van der Waals surface area contributed by atoms with E-state index in [4.69, 9.17) is 9.47 Å². The largest absolute Gasteiger partial charge is 0.497 e. The maximum Gasteiger partial charge on any atom is 0.338 e. The number of esters is 1. The van der Waals surface area contributed by atoms with Gasteiger partial charge in [0, 0.05) is 21.0 Å². The van der Waals surface area contributed by atoms with Crippen molar-refractivity contribution in [3.05, 3.63) is 58.8 Å². The Bertz CT molecular complexity index is 1000. The van der Waals surface area contributed by atoms with E-state index in [9.17, 15) is 9.59 Å². The lowest BCUT2D eigenvalue weighted by Crippen LogP contribution is -2.09. The van der Waals surface area contributed by atoms with Gasteiger partial charge in [-0.25, -0.2) is 4.79 Å². The molecule has 1 aromatic heterocycles. The molecule has 0 fully saturated rings. The highest BCUT2D eigenvalue weighted by atomic mass is 32.1. The first-order chi connectivity index (χ1) is 11.0. The molecule has 0 bridgehead atoms. The molecule has 0 saturated heterocycles. The van der Waals surface area contributed by atoms with E-state index in [0.29, 0.717) is 32.5 Å². The van der Waals surface area contributed by atoms with Gasteiger partial charge in [-0.1, -0.05) is 12.6 Å². The molecule has 1 heterocycles. The van der Waals surface area contributed by atoms with Crippen LogP contribution >= 0.6 is 11.3 Å². The average Bonchev–Trinajstić information content (AvgIpc) is 2.55. The molecular formula is C18H14O4S. The van der Waals surface area contributed by atoms with Crippen LogP contribution in [0.1, 0.15) is 6.92 Å². The first-order valence-electron chi connectivity index (χ1n) is 6.92. The van der Waals surface area contributed by atoms with Crippen molar-refractivity contribution in [3.8, 4) is 11.5 Å². The molecule has 0 atom stereocenters. The van der Waals surface area contributed by atoms with Crippen molar-refractivity contribution in [2.75, 3.05) is 7.11 Å². The lowest BCUT2D eigenvalue weighted by atomic mass is 10.1. The second-order valence-corrected chi connectivity index (χ2v) is 6.15. The van der Waals surface area contributed by atoms with Gasteiger partial charge in [0.1, 0.15) is 11.5 Å². The molecule has 3 aromatic rings. The van der Waals surface area contributed by atoms with Crippen molar-refractivity contribution in [1.29, 1.82) is 0 Å². The van der Waals surface area contributed by atoms with Crippen LogP contribution < -0.4 is 14.9 Å². The van der Waals surface area contributed by atoms with E-state index in [1.807, 2.05) is 0 Å². The van der Waals surface area contributed by atoms with Gasteiger partial charge in [-0.15, -0.1) is 11.3 Å². The number of methoxy groups -OCH3 is 1. The summed E-state index contributed by atoms with van der Waals surface area (Å²) in [4.78, 5) is 24.5. The lowest BCUT2D eigenvalue weighted by molar-refractivity contribution is -0.129. The number of benzene rings is 2. The Morgan fingerprint density at radius 2 is 1.96 bits per heavy atom. The standard InChI is InChI=1S/C18H14O4S/c1-10(2)18(20)22-14-6-4-5-13-16(19)12-8-7-11(21-3)9-15(12)23-17(13)14/h4-9H,1H2,2-3H3. The number of rotatable bonds is 3. The van der Waals surface area contributed by atoms with Gasteiger partial charge in [-0.05, 0) is 37.3 Å². The fraction of sp³-hybridized carbons (Fsp3) is 0.111. The Hall–Kier alpha value is -2.66. The predicted octanol–water partition coefficient (Wildman–Crippen LogP) is 3.90. The maximum absolute atomic E-state index is 12.7. The average molecular weight is 326 g/mol. The van der Waals surface area contributed by atoms with Crippen LogP contribution in [0.25, 0.3) is 20.2 Å². The van der Waals surface area contributed by atoms with Gasteiger partial charge in [0.2, 0.25) is 0 Å². The molecule has 116 valence electrons. The van der Waals surface area contributed by atoms with Crippen molar-refractivity contribution in [1.82, 2.24) is 0 Å². The fourth-order valence-corrected chi connectivity index (χ4v) is 3.37. The molecule has 0 spiro atoms. The zero-order chi connectivity index (χ0) is 16.6. The third-order valence-corrected chi connectivity index (χ3v) is 4.60. The van der Waals surface area contributed by atoms with Crippen LogP contribution in [-0.2, 0) is 4.79 Å². The molecule has 0 aliphatic rings. The fourth-order valence-electron chi connectivity index (χ4n) is 2.22. The Balaban J connectivity index is 2.29. The summed E-state index contributed by atoms with van der Waals surface area (Å²) in [6.07, 6.45) is 0. The van der Waals surface area contributed by atoms with Crippen LogP contribution in [0, 0.1) is 0 Å². The summed E-state index contributed by atoms with van der Waals surface area (Å²) in [6.45, 7) is 5.15. The van der Waals surface area contributed by atoms with Crippen LogP contribution in [0.2, 0.25) is 0 Å². The van der Waals surface area contributed by atoms with E-state index in [2.05, 4.69) is 6.58 Å². The minimum Gasteiger partial charge on any atom is -0.497 e. The van der Waals surface area contributed by atoms with E-state index in [1.54, 1.807) is 50.4 Å². The van der Waals surface area contributed by atoms with Crippen molar-refractivity contribution in [3.63, 3.8) is 0 Å². The minimum atomic E-state index is -0.511. The summed E-state index contributed by atoms with van der Waals surface area (Å²) in [7, 11) is 1.57. The normalized spacial score (nSPS) is 10.7. The van der Waals surface area contributed by atoms with E-state index < -0.39 is 5.97 Å². The van der Waals surface area contributed by atoms with Crippen molar-refractivity contribution < 1.29 is 14.3 Å². The number of carbonyl (C=O) groups is 1. The molecule has 0 radical (unpaired) electrons. The molecule has 0 amide bonds. The Morgan fingerprint density at radius 3 is 2.65 bits per heavy atom. The summed E-state index contributed by atoms with van der Waals surface area (Å²) in [5.41, 5.74) is 0.210. The van der Waals surface area contributed by atoms with Crippen LogP contribution in [0.15, 0.2) is 53.3 Å². The zero-order valence-electron chi connectivity index (χ0n) is 12.7. The molecule has 0 saturated carbocycles. The third-order valence-electron chi connectivity index (χ3n) is 3.42. The van der Waals surface area contributed by atoms with Crippen molar-refractivity contribution in [2.24, 2.45) is 0 Å². The molecule has 0 aliphatic heterocycles. The van der Waals surface area contributed by atoms with E-state index in [0.717, 1.165) is 4.70 Å². The smallest absolute Gasteiger partial charge is 0.338 e. The Morgan fingerprint density at radius 1 is 1.17 bits per heavy atom. The van der Waals surface area contributed by atoms with Crippen LogP contribution in [0.4, 0.5) is 0 Å². The van der Waals surface area contributed by atoms with Gasteiger partial charge in [0.25, 0.3) is 0 Å². The quantitative estimate of drug-likeness (QED) is 0.317. The molecule has 3 rings (SSSR count). The Kier molecular flexibility index (Phi) is 3.88. The molecular weight excluding hydrogens is 312 g/mol. The number of hydrogen-bond acceptors (Lipinski definition) is 5. The van der Waals surface area contributed by atoms with E-state index >= 15 is 0 Å².